The largest absolute Gasteiger partial charge is 0.497 e. The van der Waals surface area contributed by atoms with Crippen molar-refractivity contribution in [2.75, 3.05) is 20.3 Å². The van der Waals surface area contributed by atoms with Gasteiger partial charge >= 0.3 is 0 Å². The number of hydrogen-bond donors (Lipinski definition) is 1. The summed E-state index contributed by atoms with van der Waals surface area (Å²) in [5.41, 5.74) is 0.968. The number of methoxy groups -OCH3 is 1. The zero-order valence-corrected chi connectivity index (χ0v) is 14.1. The summed E-state index contributed by atoms with van der Waals surface area (Å²) in [4.78, 5) is 16.2. The molecule has 0 aliphatic heterocycles. The number of amides is 1. The van der Waals surface area contributed by atoms with Gasteiger partial charge in [0.05, 0.1) is 7.11 Å². The van der Waals surface area contributed by atoms with Crippen LogP contribution in [0.2, 0.25) is 0 Å². The first-order valence-corrected chi connectivity index (χ1v) is 8.19. The molecule has 1 N–H and O–H groups in total. The number of nitrogens with zero attached hydrogens (tertiary/aromatic N) is 2. The van der Waals surface area contributed by atoms with Crippen molar-refractivity contribution in [3.8, 4) is 11.5 Å². The third kappa shape index (κ3) is 4.50. The number of rotatable bonds is 8. The molecule has 3 rings (SSSR count). The monoisotopic (exact) mass is 339 g/mol. The van der Waals surface area contributed by atoms with E-state index in [1.165, 1.54) is 0 Å². The Morgan fingerprint density at radius 3 is 2.96 bits per heavy atom. The molecule has 0 unspecified atom stereocenters. The van der Waals surface area contributed by atoms with Crippen molar-refractivity contribution in [3.05, 3.63) is 54.9 Å². The van der Waals surface area contributed by atoms with Gasteiger partial charge in [-0.15, -0.1) is 0 Å². The molecule has 3 aromatic rings. The van der Waals surface area contributed by atoms with Gasteiger partial charge in [0.15, 0.2) is 6.61 Å². The second-order valence-corrected chi connectivity index (χ2v) is 5.60. The van der Waals surface area contributed by atoms with Crippen molar-refractivity contribution in [1.82, 2.24) is 14.9 Å². The Hall–Kier alpha value is -3.02. The lowest BCUT2D eigenvalue weighted by Gasteiger charge is -2.09. The van der Waals surface area contributed by atoms with E-state index in [9.17, 15) is 4.79 Å². The molecule has 0 saturated carbocycles. The normalized spacial score (nSPS) is 10.6. The number of carbonyl (C=O) groups excluding carboxylic acids is 1. The van der Waals surface area contributed by atoms with E-state index < -0.39 is 0 Å². The predicted octanol–water partition coefficient (Wildman–Crippen LogP) is 2.63. The van der Waals surface area contributed by atoms with Crippen molar-refractivity contribution in [3.63, 3.8) is 0 Å². The third-order valence-electron chi connectivity index (χ3n) is 3.83. The molecule has 0 bridgehead atoms. The Bertz CT molecular complexity index is 845. The van der Waals surface area contributed by atoms with Crippen molar-refractivity contribution < 1.29 is 14.3 Å². The molecule has 1 aromatic carbocycles. The maximum absolute atomic E-state index is 11.9. The van der Waals surface area contributed by atoms with Gasteiger partial charge in [0.1, 0.15) is 17.1 Å². The summed E-state index contributed by atoms with van der Waals surface area (Å²) in [5.74, 6) is 1.17. The average Bonchev–Trinajstić information content (AvgIpc) is 3.07. The van der Waals surface area contributed by atoms with Gasteiger partial charge in [-0.1, -0.05) is 6.07 Å². The van der Waals surface area contributed by atoms with Crippen LogP contribution >= 0.6 is 0 Å². The molecule has 0 saturated heterocycles. The van der Waals surface area contributed by atoms with E-state index in [-0.39, 0.29) is 12.5 Å². The molecular formula is C19H21N3O3. The molecule has 0 radical (unpaired) electrons. The lowest BCUT2D eigenvalue weighted by Crippen LogP contribution is -2.30. The smallest absolute Gasteiger partial charge is 0.257 e. The summed E-state index contributed by atoms with van der Waals surface area (Å²) in [6.07, 6.45) is 4.63. The van der Waals surface area contributed by atoms with Gasteiger partial charge in [-0.05, 0) is 36.8 Å². The van der Waals surface area contributed by atoms with Crippen molar-refractivity contribution in [1.29, 1.82) is 0 Å². The van der Waals surface area contributed by atoms with Crippen LogP contribution in [0.5, 0.6) is 11.5 Å². The van der Waals surface area contributed by atoms with Crippen LogP contribution in [0.25, 0.3) is 11.0 Å². The third-order valence-corrected chi connectivity index (χ3v) is 3.83. The highest BCUT2D eigenvalue weighted by atomic mass is 16.5. The van der Waals surface area contributed by atoms with Gasteiger partial charge in [0.2, 0.25) is 0 Å². The van der Waals surface area contributed by atoms with Crippen molar-refractivity contribution in [2.45, 2.75) is 13.0 Å². The van der Waals surface area contributed by atoms with E-state index in [4.69, 9.17) is 9.47 Å². The molecule has 2 heterocycles. The molecule has 0 atom stereocenters. The molecule has 0 spiro atoms. The highest BCUT2D eigenvalue weighted by Crippen LogP contribution is 2.18. The van der Waals surface area contributed by atoms with Crippen LogP contribution in [0.3, 0.4) is 0 Å². The van der Waals surface area contributed by atoms with E-state index in [0.717, 1.165) is 24.0 Å². The first kappa shape index (κ1) is 16.8. The number of ether oxygens (including phenoxy) is 2. The van der Waals surface area contributed by atoms with Crippen molar-refractivity contribution in [2.24, 2.45) is 0 Å². The van der Waals surface area contributed by atoms with Gasteiger partial charge in [-0.2, -0.15) is 0 Å². The lowest BCUT2D eigenvalue weighted by molar-refractivity contribution is -0.123. The fourth-order valence-corrected chi connectivity index (χ4v) is 2.57. The van der Waals surface area contributed by atoms with Gasteiger partial charge in [-0.25, -0.2) is 4.98 Å². The predicted molar refractivity (Wildman–Crippen MR) is 95.8 cm³/mol. The Balaban J connectivity index is 1.39. The van der Waals surface area contributed by atoms with Crippen LogP contribution in [0.15, 0.2) is 54.9 Å². The Morgan fingerprint density at radius 2 is 2.08 bits per heavy atom. The number of pyridine rings is 1. The van der Waals surface area contributed by atoms with E-state index in [2.05, 4.69) is 14.9 Å². The van der Waals surface area contributed by atoms with Crippen LogP contribution in [0.1, 0.15) is 6.42 Å². The molecule has 0 aliphatic carbocycles. The van der Waals surface area contributed by atoms with E-state index in [0.29, 0.717) is 18.0 Å². The quantitative estimate of drug-likeness (QED) is 0.641. The van der Waals surface area contributed by atoms with Crippen LogP contribution < -0.4 is 14.8 Å². The molecule has 0 fully saturated rings. The fraction of sp³-hybridized carbons (Fsp3) is 0.263. The molecule has 130 valence electrons. The highest BCUT2D eigenvalue weighted by Gasteiger charge is 2.04. The number of benzene rings is 1. The second-order valence-electron chi connectivity index (χ2n) is 5.60. The van der Waals surface area contributed by atoms with Gasteiger partial charge < -0.3 is 19.4 Å². The summed E-state index contributed by atoms with van der Waals surface area (Å²) < 4.78 is 12.7. The Labute approximate surface area is 146 Å². The van der Waals surface area contributed by atoms with Crippen LogP contribution in [0, 0.1) is 0 Å². The summed E-state index contributed by atoms with van der Waals surface area (Å²) in [6.45, 7) is 1.38. The molecule has 25 heavy (non-hydrogen) atoms. The number of aromatic nitrogens is 2. The van der Waals surface area contributed by atoms with Crippen LogP contribution in [0.4, 0.5) is 0 Å². The van der Waals surface area contributed by atoms with E-state index >= 15 is 0 Å². The maximum Gasteiger partial charge on any atom is 0.257 e. The minimum Gasteiger partial charge on any atom is -0.497 e. The maximum atomic E-state index is 11.9. The molecule has 6 heteroatoms. The SMILES string of the molecule is COc1cccc(OCC(=O)NCCCn2ccc3cccnc32)c1. The Morgan fingerprint density at radius 1 is 1.20 bits per heavy atom. The zero-order chi connectivity index (χ0) is 17.5. The summed E-state index contributed by atoms with van der Waals surface area (Å²) in [5, 5.41) is 3.99. The average molecular weight is 339 g/mol. The van der Waals surface area contributed by atoms with E-state index in [1.807, 2.05) is 36.5 Å². The van der Waals surface area contributed by atoms with Gasteiger partial charge in [0.25, 0.3) is 5.91 Å². The first-order chi connectivity index (χ1) is 12.3. The van der Waals surface area contributed by atoms with Crippen LogP contribution in [-0.2, 0) is 11.3 Å². The van der Waals surface area contributed by atoms with Gasteiger partial charge in [-0.3, -0.25) is 4.79 Å². The topological polar surface area (TPSA) is 65.4 Å². The fourth-order valence-electron chi connectivity index (χ4n) is 2.57. The summed E-state index contributed by atoms with van der Waals surface area (Å²) >= 11 is 0. The number of carbonyl (C=O) groups is 1. The first-order valence-electron chi connectivity index (χ1n) is 8.19. The standard InChI is InChI=1S/C19H21N3O3/c1-24-16-6-2-7-17(13-16)25-14-18(23)20-10-4-11-22-12-8-15-5-3-9-21-19(15)22/h2-3,5-9,12-13H,4,10-11,14H2,1H3,(H,20,23). The lowest BCUT2D eigenvalue weighted by atomic mass is 10.3. The van der Waals surface area contributed by atoms with Gasteiger partial charge in [0, 0.05) is 36.9 Å². The van der Waals surface area contributed by atoms with Crippen LogP contribution in [-0.4, -0.2) is 35.7 Å². The Kier molecular flexibility index (Phi) is 5.51. The minimum absolute atomic E-state index is 0.0127. The number of hydrogen-bond acceptors (Lipinski definition) is 4. The summed E-state index contributed by atoms with van der Waals surface area (Å²) in [6, 6.07) is 13.2. The number of nitrogens with one attached hydrogen (secondary N) is 1. The summed E-state index contributed by atoms with van der Waals surface area (Å²) in [7, 11) is 1.59. The number of aryl methyl sites for hydroxylation is 1. The second kappa shape index (κ2) is 8.19. The molecule has 6 nitrogen and oxygen atoms in total. The minimum atomic E-state index is -0.140. The van der Waals surface area contributed by atoms with E-state index in [1.54, 1.807) is 25.4 Å². The molecule has 2 aromatic heterocycles. The molecular weight excluding hydrogens is 318 g/mol. The highest BCUT2D eigenvalue weighted by molar-refractivity contribution is 5.77. The number of fused-ring (bicyclic) bond motifs is 1. The van der Waals surface area contributed by atoms with Crippen molar-refractivity contribution >= 4 is 16.9 Å². The zero-order valence-electron chi connectivity index (χ0n) is 14.1. The molecule has 0 aliphatic rings. The molecule has 1 amide bonds.